The number of fused-ring (bicyclic) bond motifs is 1. The minimum absolute atomic E-state index is 0.0204. The summed E-state index contributed by atoms with van der Waals surface area (Å²) in [5.74, 6) is 0.244. The van der Waals surface area contributed by atoms with E-state index in [9.17, 15) is 9.59 Å². The van der Waals surface area contributed by atoms with Gasteiger partial charge in [-0.15, -0.1) is 11.3 Å². The van der Waals surface area contributed by atoms with Gasteiger partial charge < -0.3 is 14.2 Å². The van der Waals surface area contributed by atoms with Crippen LogP contribution >= 0.6 is 34.5 Å². The minimum atomic E-state index is -0.317. The molecule has 1 aliphatic rings. The van der Waals surface area contributed by atoms with Gasteiger partial charge in [0.25, 0.3) is 5.91 Å². The smallest absolute Gasteiger partial charge is 0.290 e. The summed E-state index contributed by atoms with van der Waals surface area (Å²) < 4.78 is 5.32. The molecule has 0 radical (unpaired) electrons. The zero-order valence-electron chi connectivity index (χ0n) is 18.6. The van der Waals surface area contributed by atoms with Gasteiger partial charge in [0, 0.05) is 28.0 Å². The maximum Gasteiger partial charge on any atom is 0.290 e. The Morgan fingerprint density at radius 2 is 2.03 bits per heavy atom. The quantitative estimate of drug-likeness (QED) is 0.378. The van der Waals surface area contributed by atoms with Gasteiger partial charge in [-0.2, -0.15) is 0 Å². The first-order valence-corrected chi connectivity index (χ1v) is 12.6. The van der Waals surface area contributed by atoms with Crippen LogP contribution < -0.4 is 0 Å². The van der Waals surface area contributed by atoms with Gasteiger partial charge in [-0.05, 0) is 65.6 Å². The monoisotopic (exact) mass is 504 g/mol. The molecule has 0 spiro atoms. The van der Waals surface area contributed by atoms with Crippen molar-refractivity contribution in [1.29, 1.82) is 0 Å². The van der Waals surface area contributed by atoms with E-state index in [0.29, 0.717) is 29.1 Å². The maximum absolute atomic E-state index is 13.7. The summed E-state index contributed by atoms with van der Waals surface area (Å²) in [5, 5.41) is 3.12. The lowest BCUT2D eigenvalue weighted by Gasteiger charge is -2.38. The second kappa shape index (κ2) is 10.3. The van der Waals surface area contributed by atoms with Gasteiger partial charge >= 0.3 is 0 Å². The van der Waals surface area contributed by atoms with E-state index in [4.69, 9.17) is 27.6 Å². The van der Waals surface area contributed by atoms with Gasteiger partial charge in [0.05, 0.1) is 12.3 Å². The Hall–Kier alpha value is -2.28. The second-order valence-corrected chi connectivity index (χ2v) is 10.4. The summed E-state index contributed by atoms with van der Waals surface area (Å²) in [6, 6.07) is 10.4. The summed E-state index contributed by atoms with van der Waals surface area (Å²) in [6.45, 7) is 5.21. The molecule has 0 saturated heterocycles. The Morgan fingerprint density at radius 1 is 1.21 bits per heavy atom. The van der Waals surface area contributed by atoms with E-state index in [1.807, 2.05) is 16.3 Å². The average Bonchev–Trinajstić information content (AvgIpc) is 3.47. The molecular formula is C25H26Cl2N2O3S. The summed E-state index contributed by atoms with van der Waals surface area (Å²) >= 11 is 14.4. The third-order valence-electron chi connectivity index (χ3n) is 5.86. The highest BCUT2D eigenvalue weighted by atomic mass is 35.5. The fourth-order valence-electron chi connectivity index (χ4n) is 4.12. The van der Waals surface area contributed by atoms with Crippen molar-refractivity contribution in [3.05, 3.63) is 79.9 Å². The molecule has 0 saturated carbocycles. The first-order chi connectivity index (χ1) is 15.8. The predicted molar refractivity (Wildman–Crippen MR) is 132 cm³/mol. The molecule has 2 aromatic heterocycles. The standard InChI is InChI=1S/C25H26Cl2N2O3S/c1-16(2)7-10-28(25(31)21-4-3-12-32-21)15-23(30)29-11-8-22-19(9-13-33-22)24(29)18-6-5-17(26)14-20(18)27/h3-6,9,12-14,16,24H,7-8,10-11,15H2,1-2H3. The lowest BCUT2D eigenvalue weighted by atomic mass is 9.93. The molecule has 0 aliphatic carbocycles. The number of hydrogen-bond donors (Lipinski definition) is 0. The molecule has 1 aliphatic heterocycles. The van der Waals surface area contributed by atoms with E-state index < -0.39 is 0 Å². The number of carbonyl (C=O) groups is 2. The number of amides is 2. The third kappa shape index (κ3) is 5.29. The Bertz CT molecular complexity index is 1130. The van der Waals surface area contributed by atoms with Crippen LogP contribution in [0.2, 0.25) is 10.0 Å². The van der Waals surface area contributed by atoms with Gasteiger partial charge in [-0.3, -0.25) is 9.59 Å². The molecule has 1 aromatic carbocycles. The largest absolute Gasteiger partial charge is 0.459 e. The molecule has 2 amide bonds. The molecule has 0 bridgehead atoms. The van der Waals surface area contributed by atoms with E-state index in [-0.39, 0.29) is 30.2 Å². The molecule has 4 rings (SSSR count). The van der Waals surface area contributed by atoms with Gasteiger partial charge in [-0.1, -0.05) is 43.1 Å². The topological polar surface area (TPSA) is 53.8 Å². The van der Waals surface area contributed by atoms with E-state index in [2.05, 4.69) is 19.9 Å². The van der Waals surface area contributed by atoms with Crippen LogP contribution in [0.1, 0.15) is 52.9 Å². The molecule has 0 fully saturated rings. The molecule has 0 N–H and O–H groups in total. The Kier molecular flexibility index (Phi) is 7.47. The predicted octanol–water partition coefficient (Wildman–Crippen LogP) is 6.31. The van der Waals surface area contributed by atoms with Gasteiger partial charge in [0.2, 0.25) is 5.91 Å². The van der Waals surface area contributed by atoms with Crippen molar-refractivity contribution in [3.8, 4) is 0 Å². The molecule has 3 aromatic rings. The molecule has 3 heterocycles. The van der Waals surface area contributed by atoms with Gasteiger partial charge in [-0.25, -0.2) is 0 Å². The molecule has 1 unspecified atom stereocenters. The van der Waals surface area contributed by atoms with Crippen LogP contribution in [0.3, 0.4) is 0 Å². The van der Waals surface area contributed by atoms with Crippen LogP contribution in [0.25, 0.3) is 0 Å². The number of halogens is 2. The fraction of sp³-hybridized carbons (Fsp3) is 0.360. The van der Waals surface area contributed by atoms with Crippen molar-refractivity contribution >= 4 is 46.4 Å². The SMILES string of the molecule is CC(C)CCN(CC(=O)N1CCc2sccc2C1c1ccc(Cl)cc1Cl)C(=O)c1ccco1. The molecule has 5 nitrogen and oxygen atoms in total. The first-order valence-electron chi connectivity index (χ1n) is 11.0. The average molecular weight is 505 g/mol. The van der Waals surface area contributed by atoms with Crippen LogP contribution in [-0.2, 0) is 11.2 Å². The fourth-order valence-corrected chi connectivity index (χ4v) is 5.54. The number of thiophene rings is 1. The molecule has 8 heteroatoms. The minimum Gasteiger partial charge on any atom is -0.459 e. The van der Waals surface area contributed by atoms with Crippen LogP contribution in [0.5, 0.6) is 0 Å². The number of furan rings is 1. The number of benzene rings is 1. The molecule has 1 atom stereocenters. The lowest BCUT2D eigenvalue weighted by Crippen LogP contribution is -2.47. The van der Waals surface area contributed by atoms with Crippen molar-refractivity contribution in [3.63, 3.8) is 0 Å². The highest BCUT2D eigenvalue weighted by molar-refractivity contribution is 7.10. The van der Waals surface area contributed by atoms with Crippen molar-refractivity contribution in [2.75, 3.05) is 19.6 Å². The molecular weight excluding hydrogens is 479 g/mol. The van der Waals surface area contributed by atoms with Crippen LogP contribution in [-0.4, -0.2) is 41.2 Å². The van der Waals surface area contributed by atoms with E-state index in [0.717, 1.165) is 24.0 Å². The number of hydrogen-bond acceptors (Lipinski definition) is 4. The van der Waals surface area contributed by atoms with E-state index in [1.54, 1.807) is 40.5 Å². The highest BCUT2D eigenvalue weighted by Gasteiger charge is 2.35. The van der Waals surface area contributed by atoms with Crippen molar-refractivity contribution in [2.24, 2.45) is 5.92 Å². The van der Waals surface area contributed by atoms with Crippen LogP contribution in [0.15, 0.2) is 52.5 Å². The summed E-state index contributed by atoms with van der Waals surface area (Å²) in [5.41, 5.74) is 1.91. The number of nitrogens with zero attached hydrogens (tertiary/aromatic N) is 2. The number of carbonyl (C=O) groups excluding carboxylic acids is 2. The summed E-state index contributed by atoms with van der Waals surface area (Å²) in [4.78, 5) is 31.4. The zero-order chi connectivity index (χ0) is 23.5. The lowest BCUT2D eigenvalue weighted by molar-refractivity contribution is -0.134. The molecule has 33 heavy (non-hydrogen) atoms. The summed E-state index contributed by atoms with van der Waals surface area (Å²) in [7, 11) is 0. The van der Waals surface area contributed by atoms with Gasteiger partial charge in [0.1, 0.15) is 6.54 Å². The zero-order valence-corrected chi connectivity index (χ0v) is 20.9. The normalized spacial score (nSPS) is 15.5. The van der Waals surface area contributed by atoms with Crippen molar-refractivity contribution in [2.45, 2.75) is 32.7 Å². The van der Waals surface area contributed by atoms with E-state index in [1.165, 1.54) is 11.1 Å². The van der Waals surface area contributed by atoms with Crippen LogP contribution in [0.4, 0.5) is 0 Å². The first kappa shape index (κ1) is 23.9. The van der Waals surface area contributed by atoms with Crippen molar-refractivity contribution in [1.82, 2.24) is 9.80 Å². The third-order valence-corrected chi connectivity index (χ3v) is 7.42. The Labute approximate surface area is 207 Å². The number of rotatable bonds is 7. The Morgan fingerprint density at radius 3 is 2.73 bits per heavy atom. The van der Waals surface area contributed by atoms with E-state index >= 15 is 0 Å². The highest BCUT2D eigenvalue weighted by Crippen LogP contribution is 2.41. The van der Waals surface area contributed by atoms with Crippen LogP contribution in [0, 0.1) is 5.92 Å². The summed E-state index contributed by atoms with van der Waals surface area (Å²) in [6.07, 6.45) is 3.04. The van der Waals surface area contributed by atoms with Crippen molar-refractivity contribution < 1.29 is 14.0 Å². The second-order valence-electron chi connectivity index (χ2n) is 8.59. The molecule has 174 valence electrons. The Balaban J connectivity index is 1.63. The van der Waals surface area contributed by atoms with Gasteiger partial charge in [0.15, 0.2) is 5.76 Å². The maximum atomic E-state index is 13.7.